The van der Waals surface area contributed by atoms with Crippen LogP contribution < -0.4 is 5.32 Å². The second kappa shape index (κ2) is 5.69. The Hall–Kier alpha value is -1.10. The molecule has 92 valence electrons. The highest BCUT2D eigenvalue weighted by molar-refractivity contribution is 9.10. The fraction of sp³-hybridized carbons (Fsp3) is 0. The van der Waals surface area contributed by atoms with Gasteiger partial charge in [0.05, 0.1) is 5.02 Å². The Morgan fingerprint density at radius 2 is 1.94 bits per heavy atom. The zero-order chi connectivity index (χ0) is 13.1. The van der Waals surface area contributed by atoms with Crippen molar-refractivity contribution in [3.8, 4) is 0 Å². The Kier molecular flexibility index (Phi) is 4.22. The van der Waals surface area contributed by atoms with Crippen molar-refractivity contribution in [3.05, 3.63) is 56.6 Å². The number of carbonyl (C=O) groups is 1. The first kappa shape index (κ1) is 13.3. The minimum Gasteiger partial charge on any atom is -0.307 e. The van der Waals surface area contributed by atoms with Crippen LogP contribution in [0.4, 0.5) is 5.82 Å². The molecule has 6 heteroatoms. The Labute approximate surface area is 122 Å². The van der Waals surface area contributed by atoms with E-state index in [1.165, 1.54) is 6.20 Å². The van der Waals surface area contributed by atoms with Crippen LogP contribution in [-0.4, -0.2) is 10.9 Å². The maximum atomic E-state index is 11.9. The number of nitrogens with zero attached hydrogens (tertiary/aromatic N) is 1. The Bertz CT molecular complexity index is 567. The maximum absolute atomic E-state index is 11.9. The number of hydrogen-bond donors (Lipinski definition) is 1. The van der Waals surface area contributed by atoms with Gasteiger partial charge in [-0.05, 0) is 30.3 Å². The third-order valence-corrected chi connectivity index (χ3v) is 2.99. The molecule has 0 unspecified atom stereocenters. The molecule has 0 aliphatic carbocycles. The van der Waals surface area contributed by atoms with Gasteiger partial charge in [-0.25, -0.2) is 4.98 Å². The van der Waals surface area contributed by atoms with Gasteiger partial charge in [-0.15, -0.1) is 0 Å². The van der Waals surface area contributed by atoms with Crippen molar-refractivity contribution in [2.75, 3.05) is 5.32 Å². The van der Waals surface area contributed by atoms with Crippen LogP contribution in [0.2, 0.25) is 10.0 Å². The molecule has 2 aromatic rings. The van der Waals surface area contributed by atoms with Crippen molar-refractivity contribution in [1.29, 1.82) is 0 Å². The van der Waals surface area contributed by atoms with Gasteiger partial charge in [0, 0.05) is 21.3 Å². The average molecular weight is 346 g/mol. The van der Waals surface area contributed by atoms with E-state index in [9.17, 15) is 4.79 Å². The summed E-state index contributed by atoms with van der Waals surface area (Å²) in [5.74, 6) is 0.147. The van der Waals surface area contributed by atoms with E-state index < -0.39 is 0 Å². The molecule has 0 radical (unpaired) electrons. The van der Waals surface area contributed by atoms with Crippen LogP contribution in [0.3, 0.4) is 0 Å². The lowest BCUT2D eigenvalue weighted by Crippen LogP contribution is -2.12. The number of pyridine rings is 1. The van der Waals surface area contributed by atoms with Crippen molar-refractivity contribution in [1.82, 2.24) is 4.98 Å². The minimum atomic E-state index is -0.284. The summed E-state index contributed by atoms with van der Waals surface area (Å²) in [5.41, 5.74) is 0.450. The summed E-state index contributed by atoms with van der Waals surface area (Å²) in [6, 6.07) is 8.24. The average Bonchev–Trinajstić information content (AvgIpc) is 2.31. The van der Waals surface area contributed by atoms with Crippen molar-refractivity contribution in [2.45, 2.75) is 0 Å². The molecule has 1 aromatic heterocycles. The molecule has 0 atom stereocenters. The lowest BCUT2D eigenvalue weighted by Gasteiger charge is -2.05. The lowest BCUT2D eigenvalue weighted by molar-refractivity contribution is 0.102. The number of rotatable bonds is 2. The smallest absolute Gasteiger partial charge is 0.256 e. The molecule has 0 aliphatic heterocycles. The number of hydrogen-bond acceptors (Lipinski definition) is 2. The number of aromatic nitrogens is 1. The molecule has 0 spiro atoms. The molecular formula is C12H7BrCl2N2O. The maximum Gasteiger partial charge on any atom is 0.256 e. The summed E-state index contributed by atoms with van der Waals surface area (Å²) in [6.07, 6.45) is 1.46. The number of amides is 1. The van der Waals surface area contributed by atoms with Crippen molar-refractivity contribution in [3.63, 3.8) is 0 Å². The van der Waals surface area contributed by atoms with E-state index in [2.05, 4.69) is 26.2 Å². The third-order valence-electron chi connectivity index (χ3n) is 2.09. The van der Waals surface area contributed by atoms with E-state index in [1.807, 2.05) is 0 Å². The van der Waals surface area contributed by atoms with Gasteiger partial charge in [-0.1, -0.05) is 39.1 Å². The second-order valence-corrected chi connectivity index (χ2v) is 5.26. The van der Waals surface area contributed by atoms with E-state index in [1.54, 1.807) is 30.3 Å². The molecule has 18 heavy (non-hydrogen) atoms. The Balaban J connectivity index is 2.19. The monoisotopic (exact) mass is 344 g/mol. The first-order chi connectivity index (χ1) is 8.54. The Morgan fingerprint density at radius 1 is 1.17 bits per heavy atom. The van der Waals surface area contributed by atoms with Gasteiger partial charge in [0.15, 0.2) is 0 Å². The first-order valence-corrected chi connectivity index (χ1v) is 6.48. The van der Waals surface area contributed by atoms with Crippen LogP contribution in [0, 0.1) is 0 Å². The predicted molar refractivity (Wildman–Crippen MR) is 76.4 cm³/mol. The summed E-state index contributed by atoms with van der Waals surface area (Å²) in [7, 11) is 0. The number of halogens is 3. The van der Waals surface area contributed by atoms with Crippen molar-refractivity contribution >= 4 is 50.9 Å². The number of nitrogens with one attached hydrogen (secondary N) is 1. The summed E-state index contributed by atoms with van der Waals surface area (Å²) < 4.78 is 0.740. The summed E-state index contributed by atoms with van der Waals surface area (Å²) in [4.78, 5) is 15.9. The van der Waals surface area contributed by atoms with E-state index in [0.29, 0.717) is 21.4 Å². The Morgan fingerprint density at radius 3 is 2.56 bits per heavy atom. The van der Waals surface area contributed by atoms with Crippen LogP contribution in [-0.2, 0) is 0 Å². The highest BCUT2D eigenvalue weighted by Crippen LogP contribution is 2.20. The first-order valence-electron chi connectivity index (χ1n) is 4.93. The van der Waals surface area contributed by atoms with E-state index in [0.717, 1.165) is 4.47 Å². The van der Waals surface area contributed by atoms with E-state index in [-0.39, 0.29) is 5.91 Å². The standard InChI is InChI=1S/C12H7BrCl2N2O/c13-8-3-7(4-10(15)5-8)12(18)17-11-2-1-9(14)6-16-11/h1-6H,(H,16,17,18). The third kappa shape index (κ3) is 3.45. The van der Waals surface area contributed by atoms with Crippen LogP contribution in [0.25, 0.3) is 0 Å². The molecule has 0 fully saturated rings. The van der Waals surface area contributed by atoms with Gasteiger partial charge in [0.25, 0.3) is 5.91 Å². The van der Waals surface area contributed by atoms with Crippen LogP contribution >= 0.6 is 39.1 Å². The van der Waals surface area contributed by atoms with Gasteiger partial charge in [-0.3, -0.25) is 4.79 Å². The van der Waals surface area contributed by atoms with E-state index >= 15 is 0 Å². The highest BCUT2D eigenvalue weighted by Gasteiger charge is 2.08. The predicted octanol–water partition coefficient (Wildman–Crippen LogP) is 4.40. The molecule has 0 bridgehead atoms. The molecule has 1 aromatic carbocycles. The lowest BCUT2D eigenvalue weighted by atomic mass is 10.2. The highest BCUT2D eigenvalue weighted by atomic mass is 79.9. The largest absolute Gasteiger partial charge is 0.307 e. The molecule has 1 amide bonds. The fourth-order valence-electron chi connectivity index (χ4n) is 1.32. The van der Waals surface area contributed by atoms with Crippen molar-refractivity contribution in [2.24, 2.45) is 0 Å². The molecule has 2 rings (SSSR count). The van der Waals surface area contributed by atoms with Crippen LogP contribution in [0.5, 0.6) is 0 Å². The zero-order valence-corrected chi connectivity index (χ0v) is 12.1. The second-order valence-electron chi connectivity index (χ2n) is 3.47. The number of anilines is 1. The van der Waals surface area contributed by atoms with Gasteiger partial charge in [0.2, 0.25) is 0 Å². The minimum absolute atomic E-state index is 0.284. The van der Waals surface area contributed by atoms with Crippen LogP contribution in [0.15, 0.2) is 41.0 Å². The topological polar surface area (TPSA) is 42.0 Å². The van der Waals surface area contributed by atoms with Crippen molar-refractivity contribution < 1.29 is 4.79 Å². The summed E-state index contributed by atoms with van der Waals surface area (Å²) in [6.45, 7) is 0. The van der Waals surface area contributed by atoms with Gasteiger partial charge >= 0.3 is 0 Å². The van der Waals surface area contributed by atoms with Crippen LogP contribution in [0.1, 0.15) is 10.4 Å². The van der Waals surface area contributed by atoms with Gasteiger partial charge in [0.1, 0.15) is 5.82 Å². The molecule has 1 heterocycles. The molecule has 0 aliphatic rings. The normalized spacial score (nSPS) is 10.2. The zero-order valence-electron chi connectivity index (χ0n) is 8.95. The molecule has 3 nitrogen and oxygen atoms in total. The molecular weight excluding hydrogens is 339 g/mol. The molecule has 1 N–H and O–H groups in total. The number of benzene rings is 1. The van der Waals surface area contributed by atoms with E-state index in [4.69, 9.17) is 23.2 Å². The molecule has 0 saturated carbocycles. The quantitative estimate of drug-likeness (QED) is 0.876. The SMILES string of the molecule is O=C(Nc1ccc(Cl)cn1)c1cc(Cl)cc(Br)c1. The van der Waals surface area contributed by atoms with Gasteiger partial charge in [-0.2, -0.15) is 0 Å². The summed E-state index contributed by atoms with van der Waals surface area (Å²) >= 11 is 14.9. The summed E-state index contributed by atoms with van der Waals surface area (Å²) in [5, 5.41) is 3.65. The van der Waals surface area contributed by atoms with Gasteiger partial charge < -0.3 is 5.32 Å². The number of carbonyl (C=O) groups excluding carboxylic acids is 1. The molecule has 0 saturated heterocycles. The fourth-order valence-corrected chi connectivity index (χ4v) is 2.30.